The molecule has 0 aromatic heterocycles. The number of aliphatic imine (C=N–C) groups is 1. The number of benzene rings is 2. The molecule has 0 heterocycles. The van der Waals surface area contributed by atoms with E-state index in [9.17, 15) is 4.79 Å². The van der Waals surface area contributed by atoms with E-state index in [0.29, 0.717) is 5.75 Å². The molecule has 0 spiro atoms. The molecule has 120 valence electrons. The molecule has 2 rings (SSSR count). The molecule has 0 saturated carbocycles. The van der Waals surface area contributed by atoms with Crippen LogP contribution in [-0.4, -0.2) is 24.8 Å². The molecular weight excluding hydrogens is 356 g/mol. The van der Waals surface area contributed by atoms with Gasteiger partial charge in [-0.3, -0.25) is 9.79 Å². The van der Waals surface area contributed by atoms with Gasteiger partial charge in [0.25, 0.3) is 5.91 Å². The number of rotatable bonds is 6. The van der Waals surface area contributed by atoms with Crippen LogP contribution in [0.1, 0.15) is 19.4 Å². The van der Waals surface area contributed by atoms with E-state index in [-0.39, 0.29) is 18.6 Å². The van der Waals surface area contributed by atoms with Crippen LogP contribution in [0.3, 0.4) is 0 Å². The first-order chi connectivity index (χ1) is 11.0. The Morgan fingerprint density at radius 2 is 1.83 bits per heavy atom. The lowest BCUT2D eigenvalue weighted by Gasteiger charge is -2.09. The van der Waals surface area contributed by atoms with Gasteiger partial charge in [-0.15, -0.1) is 0 Å². The maximum Gasteiger partial charge on any atom is 0.258 e. The molecule has 2 aromatic rings. The average molecular weight is 375 g/mol. The molecule has 0 atom stereocenters. The minimum absolute atomic E-state index is 0.0184. The molecule has 0 fully saturated rings. The van der Waals surface area contributed by atoms with E-state index in [1.54, 1.807) is 6.21 Å². The molecule has 0 unspecified atom stereocenters. The van der Waals surface area contributed by atoms with Crippen molar-refractivity contribution in [2.24, 2.45) is 4.99 Å². The Labute approximate surface area is 144 Å². The zero-order valence-electron chi connectivity index (χ0n) is 13.1. The van der Waals surface area contributed by atoms with Gasteiger partial charge in [-0.05, 0) is 67.9 Å². The number of halogens is 1. The zero-order chi connectivity index (χ0) is 16.7. The van der Waals surface area contributed by atoms with Crippen molar-refractivity contribution in [1.82, 2.24) is 5.32 Å². The Bertz CT molecular complexity index is 664. The lowest BCUT2D eigenvalue weighted by atomic mass is 10.2. The minimum Gasteiger partial charge on any atom is -0.484 e. The fourth-order valence-corrected chi connectivity index (χ4v) is 2.10. The summed E-state index contributed by atoms with van der Waals surface area (Å²) in [5.74, 6) is 0.533. The standard InChI is InChI=1S/C18H19BrN2O2/c1-13(2)21-18(22)12-23-17-9-3-14(4-10-17)11-20-16-7-5-15(19)6-8-16/h3-11,13H,12H2,1-2H3,(H,21,22). The Morgan fingerprint density at radius 1 is 1.17 bits per heavy atom. The highest BCUT2D eigenvalue weighted by atomic mass is 79.9. The number of nitrogens with one attached hydrogen (secondary N) is 1. The normalized spacial score (nSPS) is 11.0. The highest BCUT2D eigenvalue weighted by Gasteiger charge is 2.04. The highest BCUT2D eigenvalue weighted by molar-refractivity contribution is 9.10. The largest absolute Gasteiger partial charge is 0.484 e. The number of carbonyl (C=O) groups excluding carboxylic acids is 1. The first-order valence-electron chi connectivity index (χ1n) is 7.35. The molecule has 0 bridgehead atoms. The monoisotopic (exact) mass is 374 g/mol. The van der Waals surface area contributed by atoms with Gasteiger partial charge in [0.1, 0.15) is 5.75 Å². The maximum absolute atomic E-state index is 11.5. The van der Waals surface area contributed by atoms with E-state index in [1.165, 1.54) is 0 Å². The number of nitrogens with zero attached hydrogens (tertiary/aromatic N) is 1. The van der Waals surface area contributed by atoms with E-state index in [1.807, 2.05) is 62.4 Å². The van der Waals surface area contributed by atoms with Gasteiger partial charge in [0, 0.05) is 16.7 Å². The third-order valence-electron chi connectivity index (χ3n) is 2.89. The smallest absolute Gasteiger partial charge is 0.258 e. The van der Waals surface area contributed by atoms with E-state index in [4.69, 9.17) is 4.74 Å². The zero-order valence-corrected chi connectivity index (χ0v) is 14.7. The predicted octanol–water partition coefficient (Wildman–Crippen LogP) is 4.10. The lowest BCUT2D eigenvalue weighted by molar-refractivity contribution is -0.123. The SMILES string of the molecule is CC(C)NC(=O)COc1ccc(C=Nc2ccc(Br)cc2)cc1. The third kappa shape index (κ3) is 6.24. The van der Waals surface area contributed by atoms with Gasteiger partial charge in [0.05, 0.1) is 5.69 Å². The van der Waals surface area contributed by atoms with Crippen LogP contribution < -0.4 is 10.1 Å². The van der Waals surface area contributed by atoms with Crippen molar-refractivity contribution in [2.75, 3.05) is 6.61 Å². The Hall–Kier alpha value is -2.14. The molecule has 0 aliphatic carbocycles. The van der Waals surface area contributed by atoms with Crippen LogP contribution in [0, 0.1) is 0 Å². The second-order valence-corrected chi connectivity index (χ2v) is 6.23. The van der Waals surface area contributed by atoms with E-state index in [2.05, 4.69) is 26.2 Å². The number of amides is 1. The van der Waals surface area contributed by atoms with Crippen molar-refractivity contribution in [3.05, 3.63) is 58.6 Å². The van der Waals surface area contributed by atoms with Crippen molar-refractivity contribution < 1.29 is 9.53 Å². The van der Waals surface area contributed by atoms with Crippen molar-refractivity contribution in [3.8, 4) is 5.75 Å². The van der Waals surface area contributed by atoms with Gasteiger partial charge in [-0.25, -0.2) is 0 Å². The summed E-state index contributed by atoms with van der Waals surface area (Å²) in [5, 5.41) is 2.78. The minimum atomic E-state index is -0.124. The molecule has 23 heavy (non-hydrogen) atoms. The van der Waals surface area contributed by atoms with Crippen LogP contribution in [0.2, 0.25) is 0 Å². The Balaban J connectivity index is 1.89. The Kier molecular flexibility index (Phi) is 6.35. The van der Waals surface area contributed by atoms with Gasteiger partial charge in [0.2, 0.25) is 0 Å². The molecule has 0 aliphatic heterocycles. The van der Waals surface area contributed by atoms with E-state index in [0.717, 1.165) is 15.7 Å². The molecule has 4 nitrogen and oxygen atoms in total. The molecule has 0 aliphatic rings. The molecule has 1 amide bonds. The molecule has 5 heteroatoms. The van der Waals surface area contributed by atoms with Crippen LogP contribution in [0.5, 0.6) is 5.75 Å². The molecule has 1 N–H and O–H groups in total. The fourth-order valence-electron chi connectivity index (χ4n) is 1.84. The number of ether oxygens (including phenoxy) is 1. The number of hydrogen-bond acceptors (Lipinski definition) is 3. The topological polar surface area (TPSA) is 50.7 Å². The summed E-state index contributed by atoms with van der Waals surface area (Å²) in [6, 6.07) is 15.3. The first-order valence-corrected chi connectivity index (χ1v) is 8.14. The van der Waals surface area contributed by atoms with E-state index < -0.39 is 0 Å². The van der Waals surface area contributed by atoms with Crippen molar-refractivity contribution in [1.29, 1.82) is 0 Å². The van der Waals surface area contributed by atoms with Crippen LogP contribution in [0.4, 0.5) is 5.69 Å². The van der Waals surface area contributed by atoms with Crippen molar-refractivity contribution >= 4 is 33.7 Å². The van der Waals surface area contributed by atoms with Gasteiger partial charge in [-0.2, -0.15) is 0 Å². The predicted molar refractivity (Wildman–Crippen MR) is 96.6 cm³/mol. The third-order valence-corrected chi connectivity index (χ3v) is 3.42. The van der Waals surface area contributed by atoms with Gasteiger partial charge in [0.15, 0.2) is 6.61 Å². The van der Waals surface area contributed by atoms with Crippen molar-refractivity contribution in [3.63, 3.8) is 0 Å². The summed E-state index contributed by atoms with van der Waals surface area (Å²) in [5.41, 5.74) is 1.85. The fraction of sp³-hybridized carbons (Fsp3) is 0.222. The second kappa shape index (κ2) is 8.48. The summed E-state index contributed by atoms with van der Waals surface area (Å²) >= 11 is 3.39. The van der Waals surface area contributed by atoms with Crippen molar-refractivity contribution in [2.45, 2.75) is 19.9 Å². The summed E-state index contributed by atoms with van der Waals surface area (Å²) in [7, 11) is 0. The first kappa shape index (κ1) is 17.2. The maximum atomic E-state index is 11.5. The quantitative estimate of drug-likeness (QED) is 0.773. The van der Waals surface area contributed by atoms with Crippen LogP contribution in [-0.2, 0) is 4.79 Å². The molecular formula is C18H19BrN2O2. The van der Waals surface area contributed by atoms with Gasteiger partial charge >= 0.3 is 0 Å². The number of hydrogen-bond donors (Lipinski definition) is 1. The van der Waals surface area contributed by atoms with E-state index >= 15 is 0 Å². The van der Waals surface area contributed by atoms with Crippen LogP contribution in [0.25, 0.3) is 0 Å². The molecule has 0 radical (unpaired) electrons. The Morgan fingerprint density at radius 3 is 2.43 bits per heavy atom. The summed E-state index contributed by atoms with van der Waals surface area (Å²) in [4.78, 5) is 15.9. The number of carbonyl (C=O) groups is 1. The van der Waals surface area contributed by atoms with Crippen LogP contribution >= 0.6 is 15.9 Å². The van der Waals surface area contributed by atoms with Gasteiger partial charge < -0.3 is 10.1 Å². The average Bonchev–Trinajstić information content (AvgIpc) is 2.53. The second-order valence-electron chi connectivity index (χ2n) is 5.31. The molecule has 0 saturated heterocycles. The lowest BCUT2D eigenvalue weighted by Crippen LogP contribution is -2.34. The van der Waals surface area contributed by atoms with Gasteiger partial charge in [-0.1, -0.05) is 15.9 Å². The summed E-state index contributed by atoms with van der Waals surface area (Å²) in [6.45, 7) is 3.85. The summed E-state index contributed by atoms with van der Waals surface area (Å²) in [6.07, 6.45) is 1.79. The molecule has 2 aromatic carbocycles. The highest BCUT2D eigenvalue weighted by Crippen LogP contribution is 2.17. The summed E-state index contributed by atoms with van der Waals surface area (Å²) < 4.78 is 6.47. The van der Waals surface area contributed by atoms with Crippen LogP contribution in [0.15, 0.2) is 58.0 Å².